The molecule has 0 saturated heterocycles. The van der Waals surface area contributed by atoms with Crippen molar-refractivity contribution in [2.45, 2.75) is 43.6 Å². The van der Waals surface area contributed by atoms with Crippen molar-refractivity contribution in [3.63, 3.8) is 0 Å². The van der Waals surface area contributed by atoms with Gasteiger partial charge in [0.05, 0.1) is 22.6 Å². The minimum absolute atomic E-state index is 0.0579. The van der Waals surface area contributed by atoms with E-state index in [2.05, 4.69) is 25.1 Å². The minimum atomic E-state index is -0.674. The minimum Gasteiger partial charge on any atom is -0.363 e. The molecular weight excluding hydrogens is 398 g/mol. The Morgan fingerprint density at radius 2 is 2.06 bits per heavy atom. The number of carbonyl (C=O) groups is 1. The van der Waals surface area contributed by atoms with Crippen molar-refractivity contribution in [2.24, 2.45) is 23.5 Å². The van der Waals surface area contributed by atoms with Crippen LogP contribution in [0.25, 0.3) is 22.1 Å². The molecular formula is C21H21N7O3. The number of pyridine rings is 1. The molecule has 31 heavy (non-hydrogen) atoms. The van der Waals surface area contributed by atoms with Gasteiger partial charge in [-0.3, -0.25) is 9.36 Å². The summed E-state index contributed by atoms with van der Waals surface area (Å²) in [5.41, 5.74) is 7.51. The molecule has 158 valence electrons. The summed E-state index contributed by atoms with van der Waals surface area (Å²) >= 11 is 0. The van der Waals surface area contributed by atoms with Gasteiger partial charge in [0.1, 0.15) is 5.65 Å². The van der Waals surface area contributed by atoms with Crippen LogP contribution in [0.5, 0.6) is 0 Å². The van der Waals surface area contributed by atoms with Gasteiger partial charge in [0.15, 0.2) is 0 Å². The van der Waals surface area contributed by atoms with Crippen molar-refractivity contribution < 1.29 is 9.32 Å². The number of hydrogen-bond donors (Lipinski definition) is 3. The first-order valence-electron chi connectivity index (χ1n) is 10.7. The highest BCUT2D eigenvalue weighted by Crippen LogP contribution is 2.64. The van der Waals surface area contributed by atoms with Gasteiger partial charge in [0.2, 0.25) is 5.89 Å². The SMILES string of the molecule is NC(=O)c1noc(C23CC4CC(C2)C(n2c(=O)[nH]c5cnc6[nH]ccc6c52)C(C4)C3)n1. The number of hydrogen-bond acceptors (Lipinski definition) is 6. The number of rotatable bonds is 3. The van der Waals surface area contributed by atoms with E-state index in [-0.39, 0.29) is 23.0 Å². The predicted molar refractivity (Wildman–Crippen MR) is 109 cm³/mol. The van der Waals surface area contributed by atoms with E-state index in [0.29, 0.717) is 23.6 Å². The van der Waals surface area contributed by atoms with Crippen LogP contribution in [0, 0.1) is 17.8 Å². The molecule has 0 aliphatic heterocycles. The zero-order chi connectivity index (χ0) is 20.9. The first-order valence-corrected chi connectivity index (χ1v) is 10.7. The number of nitrogens with zero attached hydrogens (tertiary/aromatic N) is 4. The molecule has 4 aromatic heterocycles. The molecule has 4 aliphatic rings. The van der Waals surface area contributed by atoms with Crippen LogP contribution in [-0.4, -0.2) is 35.6 Å². The highest BCUT2D eigenvalue weighted by atomic mass is 16.5. The van der Waals surface area contributed by atoms with Gasteiger partial charge in [-0.15, -0.1) is 0 Å². The molecule has 4 heterocycles. The fraction of sp³-hybridized carbons (Fsp3) is 0.476. The number of H-pyrrole nitrogens is 2. The highest BCUT2D eigenvalue weighted by molar-refractivity contribution is 6.01. The largest absolute Gasteiger partial charge is 0.363 e. The molecule has 10 heteroatoms. The van der Waals surface area contributed by atoms with Crippen LogP contribution in [-0.2, 0) is 5.41 Å². The average molecular weight is 419 g/mol. The fourth-order valence-corrected chi connectivity index (χ4v) is 7.13. The lowest BCUT2D eigenvalue weighted by Crippen LogP contribution is -2.54. The number of aromatic nitrogens is 6. The van der Waals surface area contributed by atoms with Crippen molar-refractivity contribution in [2.75, 3.05) is 0 Å². The monoisotopic (exact) mass is 419 g/mol. The Labute approximate surface area is 175 Å². The molecule has 1 amide bonds. The topological polar surface area (TPSA) is 148 Å². The van der Waals surface area contributed by atoms with Crippen LogP contribution >= 0.6 is 0 Å². The van der Waals surface area contributed by atoms with E-state index in [1.807, 2.05) is 16.8 Å². The Hall–Kier alpha value is -3.43. The molecule has 8 rings (SSSR count). The van der Waals surface area contributed by atoms with Crippen LogP contribution < -0.4 is 11.4 Å². The van der Waals surface area contributed by atoms with Crippen molar-refractivity contribution in [3.05, 3.63) is 40.7 Å². The van der Waals surface area contributed by atoms with Crippen LogP contribution in [0.3, 0.4) is 0 Å². The Morgan fingerprint density at radius 1 is 1.26 bits per heavy atom. The van der Waals surface area contributed by atoms with E-state index in [4.69, 9.17) is 10.3 Å². The van der Waals surface area contributed by atoms with Gasteiger partial charge >= 0.3 is 5.69 Å². The summed E-state index contributed by atoms with van der Waals surface area (Å²) < 4.78 is 7.51. The van der Waals surface area contributed by atoms with Crippen molar-refractivity contribution in [3.8, 4) is 0 Å². The van der Waals surface area contributed by atoms with Gasteiger partial charge in [0.25, 0.3) is 11.7 Å². The number of nitrogens with two attached hydrogens (primary N) is 1. The summed E-state index contributed by atoms with van der Waals surface area (Å²) in [6, 6.07) is 2.10. The second-order valence-electron chi connectivity index (χ2n) is 9.59. The normalized spacial score (nSPS) is 31.7. The zero-order valence-electron chi connectivity index (χ0n) is 16.7. The number of fused-ring (bicyclic) bond motifs is 3. The number of carbonyl (C=O) groups excluding carboxylic acids is 1. The van der Waals surface area contributed by atoms with E-state index in [9.17, 15) is 9.59 Å². The maximum absolute atomic E-state index is 13.1. The summed E-state index contributed by atoms with van der Waals surface area (Å²) in [6.45, 7) is 0. The van der Waals surface area contributed by atoms with E-state index < -0.39 is 5.91 Å². The van der Waals surface area contributed by atoms with Crippen LogP contribution in [0.1, 0.15) is 54.7 Å². The smallest absolute Gasteiger partial charge is 0.326 e. The molecule has 4 fully saturated rings. The summed E-state index contributed by atoms with van der Waals surface area (Å²) in [6.07, 6.45) is 8.48. The van der Waals surface area contributed by atoms with Gasteiger partial charge in [-0.05, 0) is 55.9 Å². The first-order chi connectivity index (χ1) is 15.0. The van der Waals surface area contributed by atoms with Crippen LogP contribution in [0.15, 0.2) is 27.8 Å². The molecule has 0 radical (unpaired) electrons. The van der Waals surface area contributed by atoms with E-state index in [1.54, 1.807) is 6.20 Å². The van der Waals surface area contributed by atoms with Crippen LogP contribution in [0.4, 0.5) is 0 Å². The molecule has 2 atom stereocenters. The molecule has 4 bridgehead atoms. The number of nitrogens with one attached hydrogen (secondary N) is 2. The highest BCUT2D eigenvalue weighted by Gasteiger charge is 2.59. The lowest BCUT2D eigenvalue weighted by molar-refractivity contribution is -0.0599. The van der Waals surface area contributed by atoms with Gasteiger partial charge < -0.3 is 20.2 Å². The third-order valence-corrected chi connectivity index (χ3v) is 7.88. The van der Waals surface area contributed by atoms with Gasteiger partial charge in [-0.2, -0.15) is 4.98 Å². The van der Waals surface area contributed by atoms with Gasteiger partial charge in [-0.1, -0.05) is 5.16 Å². The lowest BCUT2D eigenvalue weighted by atomic mass is 9.47. The average Bonchev–Trinajstić information content (AvgIpc) is 3.45. The summed E-state index contributed by atoms with van der Waals surface area (Å²) in [7, 11) is 0. The van der Waals surface area contributed by atoms with E-state index in [1.165, 1.54) is 0 Å². The molecule has 4 aliphatic carbocycles. The second kappa shape index (κ2) is 5.63. The van der Waals surface area contributed by atoms with Crippen molar-refractivity contribution in [1.82, 2.24) is 29.7 Å². The quantitative estimate of drug-likeness (QED) is 0.462. The molecule has 10 nitrogen and oxygen atoms in total. The molecule has 2 unspecified atom stereocenters. The van der Waals surface area contributed by atoms with E-state index >= 15 is 0 Å². The van der Waals surface area contributed by atoms with Gasteiger partial charge in [-0.25, -0.2) is 9.78 Å². The maximum Gasteiger partial charge on any atom is 0.326 e. The Bertz CT molecular complexity index is 1410. The number of amides is 1. The van der Waals surface area contributed by atoms with Crippen LogP contribution in [0.2, 0.25) is 0 Å². The lowest BCUT2D eigenvalue weighted by Gasteiger charge is -2.58. The summed E-state index contributed by atoms with van der Waals surface area (Å²) in [4.78, 5) is 39.6. The van der Waals surface area contributed by atoms with Gasteiger partial charge in [0, 0.05) is 17.6 Å². The second-order valence-corrected chi connectivity index (χ2v) is 9.59. The summed E-state index contributed by atoms with van der Waals surface area (Å²) in [5.74, 6) is 1.02. The standard InChI is InChI=1S/C21H21N7O3/c22-16(29)18-26-19(31-27-18)21-5-9-3-10(6-21)14(11(4-9)7-21)28-15-12-1-2-23-17(12)24-8-13(15)25-20(28)30/h1-2,8-11,14H,3-7H2,(H2,22,29)(H,23,24)(H,25,30). The van der Waals surface area contributed by atoms with Crippen molar-refractivity contribution >= 4 is 28.0 Å². The van der Waals surface area contributed by atoms with E-state index in [0.717, 1.165) is 54.2 Å². The zero-order valence-corrected chi connectivity index (χ0v) is 16.7. The third-order valence-electron chi connectivity index (χ3n) is 7.88. The molecule has 4 N–H and O–H groups in total. The Kier molecular flexibility index (Phi) is 3.13. The van der Waals surface area contributed by atoms with Crippen molar-refractivity contribution in [1.29, 1.82) is 0 Å². The third kappa shape index (κ3) is 2.19. The fourth-order valence-electron chi connectivity index (χ4n) is 7.13. The number of aromatic amines is 2. The molecule has 4 aromatic rings. The Morgan fingerprint density at radius 3 is 2.81 bits per heavy atom. The summed E-state index contributed by atoms with van der Waals surface area (Å²) in [5, 5.41) is 4.75. The number of primary amides is 1. The maximum atomic E-state index is 13.1. The molecule has 4 saturated carbocycles. The first kappa shape index (κ1) is 17.3. The predicted octanol–water partition coefficient (Wildman–Crippen LogP) is 2.01. The molecule has 0 aromatic carbocycles. The number of imidazole rings is 1. The molecule has 0 spiro atoms. The Balaban J connectivity index is 1.36.